The minimum atomic E-state index is -0.583. The quantitative estimate of drug-likeness (QED) is 0.819. The molecule has 2 aromatic rings. The fraction of sp³-hybridized carbons (Fsp3) is 0.263. The summed E-state index contributed by atoms with van der Waals surface area (Å²) < 4.78 is 0. The third-order valence-electron chi connectivity index (χ3n) is 4.56. The number of carbonyl (C=O) groups excluding carboxylic acids is 2. The highest BCUT2D eigenvalue weighted by molar-refractivity contribution is 5.87. The molecule has 0 bridgehead atoms. The number of nitrogens with zero attached hydrogens (tertiary/aromatic N) is 1. The Balaban J connectivity index is 0.00000225. The zero-order valence-electron chi connectivity index (χ0n) is 13.9. The maximum atomic E-state index is 12.7. The molecule has 0 saturated carbocycles. The van der Waals surface area contributed by atoms with E-state index in [9.17, 15) is 9.59 Å². The van der Waals surface area contributed by atoms with Gasteiger partial charge in [-0.2, -0.15) is 0 Å². The van der Waals surface area contributed by atoms with Crippen molar-refractivity contribution in [1.29, 1.82) is 0 Å². The van der Waals surface area contributed by atoms with Crippen molar-refractivity contribution in [2.45, 2.75) is 31.8 Å². The van der Waals surface area contributed by atoms with Crippen molar-refractivity contribution in [3.63, 3.8) is 0 Å². The third-order valence-corrected chi connectivity index (χ3v) is 4.56. The SMILES string of the molecule is Cl.NC(=O)C1Cc2ccccc2CN1C(=O)CCc1ccccc1N. The number of para-hydroxylation sites is 1. The molecule has 25 heavy (non-hydrogen) atoms. The van der Waals surface area contributed by atoms with E-state index in [2.05, 4.69) is 0 Å². The number of nitrogen functional groups attached to an aromatic ring is 1. The average molecular weight is 360 g/mol. The van der Waals surface area contributed by atoms with Gasteiger partial charge in [0.05, 0.1) is 0 Å². The lowest BCUT2D eigenvalue weighted by molar-refractivity contribution is -0.140. The average Bonchev–Trinajstić information content (AvgIpc) is 2.59. The van der Waals surface area contributed by atoms with Crippen molar-refractivity contribution in [1.82, 2.24) is 4.90 Å². The molecule has 5 nitrogen and oxygen atoms in total. The molecule has 0 spiro atoms. The van der Waals surface area contributed by atoms with Crippen LogP contribution in [0.2, 0.25) is 0 Å². The minimum absolute atomic E-state index is 0. The van der Waals surface area contributed by atoms with Crippen LogP contribution in [0, 0.1) is 0 Å². The van der Waals surface area contributed by atoms with E-state index in [1.165, 1.54) is 0 Å². The lowest BCUT2D eigenvalue weighted by Crippen LogP contribution is -2.51. The molecule has 1 aliphatic heterocycles. The summed E-state index contributed by atoms with van der Waals surface area (Å²) in [6, 6.07) is 14.8. The van der Waals surface area contributed by atoms with Crippen molar-refractivity contribution < 1.29 is 9.59 Å². The molecule has 1 aliphatic rings. The van der Waals surface area contributed by atoms with Crippen LogP contribution in [0.1, 0.15) is 23.1 Å². The van der Waals surface area contributed by atoms with Crippen molar-refractivity contribution in [2.24, 2.45) is 5.73 Å². The van der Waals surface area contributed by atoms with Gasteiger partial charge < -0.3 is 16.4 Å². The predicted octanol–water partition coefficient (Wildman–Crippen LogP) is 2.06. The van der Waals surface area contributed by atoms with E-state index in [4.69, 9.17) is 11.5 Å². The first-order chi connectivity index (χ1) is 11.6. The maximum absolute atomic E-state index is 12.7. The van der Waals surface area contributed by atoms with Crippen LogP contribution >= 0.6 is 12.4 Å². The molecule has 1 heterocycles. The van der Waals surface area contributed by atoms with E-state index in [0.29, 0.717) is 31.5 Å². The summed E-state index contributed by atoms with van der Waals surface area (Å²) in [5.41, 5.74) is 15.2. The van der Waals surface area contributed by atoms with Gasteiger partial charge in [-0.25, -0.2) is 0 Å². The molecule has 4 N–H and O–H groups in total. The number of halogens is 1. The monoisotopic (exact) mass is 359 g/mol. The van der Waals surface area contributed by atoms with E-state index in [1.807, 2.05) is 48.5 Å². The van der Waals surface area contributed by atoms with Crippen LogP contribution in [-0.4, -0.2) is 22.8 Å². The van der Waals surface area contributed by atoms with E-state index >= 15 is 0 Å². The molecule has 2 amide bonds. The summed E-state index contributed by atoms with van der Waals surface area (Å²) in [5.74, 6) is -0.534. The number of nitrogens with two attached hydrogens (primary N) is 2. The number of carbonyl (C=O) groups is 2. The Labute approximate surface area is 153 Å². The van der Waals surface area contributed by atoms with Gasteiger partial charge in [0.15, 0.2) is 0 Å². The van der Waals surface area contributed by atoms with Crippen LogP contribution in [0.5, 0.6) is 0 Å². The summed E-state index contributed by atoms with van der Waals surface area (Å²) in [5, 5.41) is 0. The number of rotatable bonds is 4. The van der Waals surface area contributed by atoms with Gasteiger partial charge >= 0.3 is 0 Å². The van der Waals surface area contributed by atoms with Gasteiger partial charge in [0, 0.05) is 25.1 Å². The Morgan fingerprint density at radius 1 is 1.04 bits per heavy atom. The molecule has 1 atom stereocenters. The van der Waals surface area contributed by atoms with Crippen molar-refractivity contribution in [2.75, 3.05) is 5.73 Å². The van der Waals surface area contributed by atoms with E-state index in [-0.39, 0.29) is 18.3 Å². The molecule has 0 fully saturated rings. The summed E-state index contributed by atoms with van der Waals surface area (Å²) in [6.07, 6.45) is 1.33. The molecule has 1 unspecified atom stereocenters. The number of benzene rings is 2. The first kappa shape index (κ1) is 18.8. The summed E-state index contributed by atoms with van der Waals surface area (Å²) in [6.45, 7) is 0.423. The molecule has 6 heteroatoms. The summed E-state index contributed by atoms with van der Waals surface area (Å²) >= 11 is 0. The normalized spacial score (nSPS) is 15.8. The predicted molar refractivity (Wildman–Crippen MR) is 100 cm³/mol. The van der Waals surface area contributed by atoms with Gasteiger partial charge in [-0.15, -0.1) is 12.4 Å². The number of primary amides is 1. The lowest BCUT2D eigenvalue weighted by atomic mass is 9.93. The molecule has 3 rings (SSSR count). The highest BCUT2D eigenvalue weighted by atomic mass is 35.5. The largest absolute Gasteiger partial charge is 0.399 e. The third kappa shape index (κ3) is 4.12. The fourth-order valence-electron chi connectivity index (χ4n) is 3.19. The summed E-state index contributed by atoms with van der Waals surface area (Å²) in [4.78, 5) is 26.1. The number of anilines is 1. The first-order valence-corrected chi connectivity index (χ1v) is 8.05. The number of fused-ring (bicyclic) bond motifs is 1. The zero-order valence-corrected chi connectivity index (χ0v) is 14.7. The number of hydrogen-bond donors (Lipinski definition) is 2. The molecule has 132 valence electrons. The topological polar surface area (TPSA) is 89.4 Å². The Bertz CT molecular complexity index is 779. The lowest BCUT2D eigenvalue weighted by Gasteiger charge is -2.35. The zero-order chi connectivity index (χ0) is 17.1. The molecular formula is C19H22ClN3O2. The second-order valence-corrected chi connectivity index (χ2v) is 6.11. The molecule has 0 saturated heterocycles. The second kappa shape index (κ2) is 8.03. The smallest absolute Gasteiger partial charge is 0.240 e. The van der Waals surface area contributed by atoms with Crippen LogP contribution in [0.3, 0.4) is 0 Å². The number of aryl methyl sites for hydroxylation is 1. The molecule has 2 aromatic carbocycles. The van der Waals surface area contributed by atoms with Crippen molar-refractivity contribution >= 4 is 29.9 Å². The van der Waals surface area contributed by atoms with Gasteiger partial charge in [-0.3, -0.25) is 9.59 Å². The Morgan fingerprint density at radius 3 is 2.36 bits per heavy atom. The van der Waals surface area contributed by atoms with E-state index in [1.54, 1.807) is 4.90 Å². The minimum Gasteiger partial charge on any atom is -0.399 e. The molecular weight excluding hydrogens is 338 g/mol. The van der Waals surface area contributed by atoms with E-state index < -0.39 is 11.9 Å². The van der Waals surface area contributed by atoms with Crippen molar-refractivity contribution in [3.8, 4) is 0 Å². The molecule has 0 aromatic heterocycles. The molecule has 0 aliphatic carbocycles. The Kier molecular flexibility index (Phi) is 6.04. The maximum Gasteiger partial charge on any atom is 0.240 e. The Hall–Kier alpha value is -2.53. The highest BCUT2D eigenvalue weighted by Gasteiger charge is 2.32. The van der Waals surface area contributed by atoms with Crippen LogP contribution < -0.4 is 11.5 Å². The van der Waals surface area contributed by atoms with Crippen LogP contribution in [0.4, 0.5) is 5.69 Å². The van der Waals surface area contributed by atoms with Gasteiger partial charge in [0.2, 0.25) is 11.8 Å². The van der Waals surface area contributed by atoms with Gasteiger partial charge in [-0.05, 0) is 29.2 Å². The highest BCUT2D eigenvalue weighted by Crippen LogP contribution is 2.24. The van der Waals surface area contributed by atoms with Crippen LogP contribution in [0.15, 0.2) is 48.5 Å². The van der Waals surface area contributed by atoms with E-state index in [0.717, 1.165) is 16.7 Å². The fourth-order valence-corrected chi connectivity index (χ4v) is 3.19. The number of amides is 2. The van der Waals surface area contributed by atoms with Gasteiger partial charge in [0.25, 0.3) is 0 Å². The second-order valence-electron chi connectivity index (χ2n) is 6.11. The van der Waals surface area contributed by atoms with Crippen LogP contribution in [-0.2, 0) is 29.0 Å². The van der Waals surface area contributed by atoms with Gasteiger partial charge in [0.1, 0.15) is 6.04 Å². The Morgan fingerprint density at radius 2 is 1.68 bits per heavy atom. The number of hydrogen-bond acceptors (Lipinski definition) is 3. The van der Waals surface area contributed by atoms with Crippen LogP contribution in [0.25, 0.3) is 0 Å². The first-order valence-electron chi connectivity index (χ1n) is 8.05. The van der Waals surface area contributed by atoms with Gasteiger partial charge in [-0.1, -0.05) is 42.5 Å². The standard InChI is InChI=1S/C19H21N3O2.ClH/c20-16-8-4-3-5-13(16)9-10-18(23)22-12-15-7-2-1-6-14(15)11-17(22)19(21)24;/h1-8,17H,9-12,20H2,(H2,21,24);1H. The summed E-state index contributed by atoms with van der Waals surface area (Å²) in [7, 11) is 0. The molecule has 0 radical (unpaired) electrons. The van der Waals surface area contributed by atoms with Crippen molar-refractivity contribution in [3.05, 3.63) is 65.2 Å².